The van der Waals surface area contributed by atoms with E-state index in [9.17, 15) is 4.79 Å². The van der Waals surface area contributed by atoms with Crippen molar-refractivity contribution in [3.05, 3.63) is 45.9 Å². The van der Waals surface area contributed by atoms with Gasteiger partial charge in [0.1, 0.15) is 10.0 Å². The van der Waals surface area contributed by atoms with Gasteiger partial charge in [-0.25, -0.2) is 4.98 Å². The number of carbonyl (C=O) groups is 1. The topological polar surface area (TPSA) is 67.8 Å². The maximum absolute atomic E-state index is 12.0. The second-order valence-electron chi connectivity index (χ2n) is 5.08. The number of rotatable bonds is 6. The van der Waals surface area contributed by atoms with E-state index in [1.54, 1.807) is 22.7 Å². The van der Waals surface area contributed by atoms with Gasteiger partial charge in [-0.1, -0.05) is 17.8 Å². The number of thiophene rings is 1. The lowest BCUT2D eigenvalue weighted by Crippen LogP contribution is -2.24. The Hall–Kier alpha value is -1.77. The molecule has 0 spiro atoms. The summed E-state index contributed by atoms with van der Waals surface area (Å²) >= 11 is 4.69. The van der Waals surface area contributed by atoms with Crippen molar-refractivity contribution in [2.75, 3.05) is 5.75 Å². The van der Waals surface area contributed by atoms with Crippen molar-refractivity contribution in [2.24, 2.45) is 0 Å². The van der Waals surface area contributed by atoms with E-state index in [0.29, 0.717) is 12.3 Å². The molecule has 0 atom stereocenters. The molecular formula is C16H16N4OS3. The summed E-state index contributed by atoms with van der Waals surface area (Å²) in [5.74, 6) is 0.306. The second-order valence-corrected chi connectivity index (χ2v) is 8.11. The van der Waals surface area contributed by atoms with Gasteiger partial charge < -0.3 is 5.32 Å². The van der Waals surface area contributed by atoms with Crippen molar-refractivity contribution in [1.29, 1.82) is 0 Å². The molecule has 0 aliphatic rings. The van der Waals surface area contributed by atoms with E-state index in [0.717, 1.165) is 31.2 Å². The van der Waals surface area contributed by atoms with Gasteiger partial charge in [-0.3, -0.25) is 4.79 Å². The first-order chi connectivity index (χ1) is 11.6. The molecular weight excluding hydrogens is 360 g/mol. The van der Waals surface area contributed by atoms with Crippen molar-refractivity contribution < 1.29 is 4.79 Å². The van der Waals surface area contributed by atoms with Crippen LogP contribution in [0.5, 0.6) is 0 Å². The predicted molar refractivity (Wildman–Crippen MR) is 99.5 cm³/mol. The molecule has 1 N–H and O–H groups in total. The Bertz CT molecular complexity index is 812. The molecule has 0 aromatic carbocycles. The number of nitrogens with zero attached hydrogens (tertiary/aromatic N) is 3. The number of amides is 1. The number of aromatic nitrogens is 3. The van der Waals surface area contributed by atoms with E-state index in [-0.39, 0.29) is 5.91 Å². The van der Waals surface area contributed by atoms with Crippen molar-refractivity contribution in [1.82, 2.24) is 20.5 Å². The summed E-state index contributed by atoms with van der Waals surface area (Å²) in [7, 11) is 0. The van der Waals surface area contributed by atoms with Crippen LogP contribution in [0.25, 0.3) is 9.88 Å². The maximum Gasteiger partial charge on any atom is 0.230 e. The first kappa shape index (κ1) is 17.1. The van der Waals surface area contributed by atoms with Crippen molar-refractivity contribution >= 4 is 40.3 Å². The molecule has 24 heavy (non-hydrogen) atoms. The molecule has 0 saturated heterocycles. The summed E-state index contributed by atoms with van der Waals surface area (Å²) in [4.78, 5) is 18.8. The van der Waals surface area contributed by atoms with E-state index < -0.39 is 0 Å². The average Bonchev–Trinajstić information content (AvgIpc) is 3.22. The van der Waals surface area contributed by atoms with Gasteiger partial charge >= 0.3 is 0 Å². The molecule has 0 bridgehead atoms. The maximum atomic E-state index is 12.0. The number of aryl methyl sites for hydroxylation is 2. The lowest BCUT2D eigenvalue weighted by Gasteiger charge is -2.03. The van der Waals surface area contributed by atoms with Gasteiger partial charge in [-0.2, -0.15) is 5.10 Å². The number of thioether (sulfide) groups is 1. The Balaban J connectivity index is 1.52. The summed E-state index contributed by atoms with van der Waals surface area (Å²) in [5, 5.41) is 14.8. The van der Waals surface area contributed by atoms with Crippen LogP contribution in [0.4, 0.5) is 0 Å². The second kappa shape index (κ2) is 7.87. The Morgan fingerprint density at radius 3 is 2.83 bits per heavy atom. The molecule has 5 nitrogen and oxygen atoms in total. The highest BCUT2D eigenvalue weighted by molar-refractivity contribution is 7.99. The third-order valence-electron chi connectivity index (χ3n) is 3.20. The quantitative estimate of drug-likeness (QED) is 0.665. The zero-order chi connectivity index (χ0) is 16.9. The number of hydrogen-bond acceptors (Lipinski definition) is 7. The van der Waals surface area contributed by atoms with Crippen molar-refractivity contribution in [2.45, 2.75) is 25.4 Å². The van der Waals surface area contributed by atoms with Crippen LogP contribution in [-0.4, -0.2) is 26.8 Å². The fraction of sp³-hybridized carbons (Fsp3) is 0.250. The molecule has 124 valence electrons. The molecule has 0 aliphatic carbocycles. The van der Waals surface area contributed by atoms with Crippen LogP contribution in [0, 0.1) is 13.8 Å². The van der Waals surface area contributed by atoms with Gasteiger partial charge in [-0.15, -0.1) is 27.8 Å². The van der Waals surface area contributed by atoms with E-state index in [4.69, 9.17) is 0 Å². The van der Waals surface area contributed by atoms with Crippen LogP contribution in [0.15, 0.2) is 34.7 Å². The van der Waals surface area contributed by atoms with E-state index >= 15 is 0 Å². The highest BCUT2D eigenvalue weighted by atomic mass is 32.2. The average molecular weight is 377 g/mol. The molecule has 0 fully saturated rings. The SMILES string of the molecule is Cc1ccc(SCC(=O)NCc2sc(-c3cccs3)nc2C)nn1. The Kier molecular flexibility index (Phi) is 5.60. The molecule has 0 unspecified atom stereocenters. The summed E-state index contributed by atoms with van der Waals surface area (Å²) in [6.07, 6.45) is 0. The molecule has 3 aromatic rings. The smallest absolute Gasteiger partial charge is 0.230 e. The number of thiazole rings is 1. The molecule has 0 radical (unpaired) electrons. The van der Waals surface area contributed by atoms with Crippen molar-refractivity contribution in [3.63, 3.8) is 0 Å². The molecule has 8 heteroatoms. The summed E-state index contributed by atoms with van der Waals surface area (Å²) in [6, 6.07) is 7.84. The Morgan fingerprint density at radius 2 is 2.12 bits per heavy atom. The minimum absolute atomic E-state index is 0.0205. The van der Waals surface area contributed by atoms with E-state index in [1.165, 1.54) is 11.8 Å². The largest absolute Gasteiger partial charge is 0.350 e. The summed E-state index contributed by atoms with van der Waals surface area (Å²) in [6.45, 7) is 4.37. The van der Waals surface area contributed by atoms with Gasteiger partial charge in [0, 0.05) is 4.88 Å². The lowest BCUT2D eigenvalue weighted by molar-refractivity contribution is -0.118. The zero-order valence-corrected chi connectivity index (χ0v) is 15.7. The summed E-state index contributed by atoms with van der Waals surface area (Å²) < 4.78 is 0. The van der Waals surface area contributed by atoms with Crippen LogP contribution in [-0.2, 0) is 11.3 Å². The van der Waals surface area contributed by atoms with Crippen LogP contribution in [0.1, 0.15) is 16.3 Å². The number of hydrogen-bond donors (Lipinski definition) is 1. The van der Waals surface area contributed by atoms with Gasteiger partial charge in [-0.05, 0) is 37.4 Å². The van der Waals surface area contributed by atoms with E-state index in [1.807, 2.05) is 37.4 Å². The first-order valence-electron chi connectivity index (χ1n) is 7.32. The van der Waals surface area contributed by atoms with Crippen LogP contribution in [0.2, 0.25) is 0 Å². The van der Waals surface area contributed by atoms with Gasteiger partial charge in [0.05, 0.1) is 28.6 Å². The molecule has 1 amide bonds. The number of carbonyl (C=O) groups excluding carboxylic acids is 1. The third kappa shape index (κ3) is 4.40. The third-order valence-corrected chi connectivity index (χ3v) is 6.31. The standard InChI is InChI=1S/C16H16N4OS3/c1-10-5-6-15(20-19-10)23-9-14(21)17-8-13-11(2)18-16(24-13)12-4-3-7-22-12/h3-7H,8-9H2,1-2H3,(H,17,21). The van der Waals surface area contributed by atoms with Crippen LogP contribution < -0.4 is 5.32 Å². The minimum Gasteiger partial charge on any atom is -0.350 e. The molecule has 3 aromatic heterocycles. The number of nitrogens with one attached hydrogen (secondary N) is 1. The Morgan fingerprint density at radius 1 is 1.25 bits per heavy atom. The van der Waals surface area contributed by atoms with Gasteiger partial charge in [0.15, 0.2) is 0 Å². The first-order valence-corrected chi connectivity index (χ1v) is 10.00. The molecule has 0 aliphatic heterocycles. The Labute approximate surface area is 152 Å². The highest BCUT2D eigenvalue weighted by Gasteiger charge is 2.11. The minimum atomic E-state index is -0.0205. The van der Waals surface area contributed by atoms with Crippen LogP contribution in [0.3, 0.4) is 0 Å². The summed E-state index contributed by atoms with van der Waals surface area (Å²) in [5.41, 5.74) is 1.84. The van der Waals surface area contributed by atoms with Gasteiger partial charge in [0.25, 0.3) is 0 Å². The zero-order valence-electron chi connectivity index (χ0n) is 13.3. The highest BCUT2D eigenvalue weighted by Crippen LogP contribution is 2.30. The van der Waals surface area contributed by atoms with E-state index in [2.05, 4.69) is 26.6 Å². The fourth-order valence-electron chi connectivity index (χ4n) is 1.93. The van der Waals surface area contributed by atoms with Crippen molar-refractivity contribution in [3.8, 4) is 9.88 Å². The normalized spacial score (nSPS) is 10.8. The molecule has 0 saturated carbocycles. The lowest BCUT2D eigenvalue weighted by atomic mass is 10.4. The van der Waals surface area contributed by atoms with Crippen LogP contribution >= 0.6 is 34.4 Å². The molecule has 3 heterocycles. The fourth-order valence-corrected chi connectivity index (χ4v) is 4.37. The monoisotopic (exact) mass is 376 g/mol. The predicted octanol–water partition coefficient (Wildman–Crippen LogP) is 3.69. The van der Waals surface area contributed by atoms with Gasteiger partial charge in [0.2, 0.25) is 5.91 Å². The molecule has 3 rings (SSSR count).